The maximum atomic E-state index is 13.2. The molecule has 4 rings (SSSR count). The second-order valence-corrected chi connectivity index (χ2v) is 8.77. The smallest absolute Gasteiger partial charge is 0.454 e. The maximum Gasteiger partial charge on any atom is 0.454 e. The number of alkyl halides is 5. The van der Waals surface area contributed by atoms with Gasteiger partial charge in [0.2, 0.25) is 11.7 Å². The number of hydrogen-bond donors (Lipinski definition) is 0. The average molecular weight is 459 g/mol. The molecule has 1 unspecified atom stereocenters. The SMILES string of the molecule is Cc1nc(-c2ccc(OCCC3C[C@@H]3C3CCN(CC(F)(F)C(F)(F)F)CC3)cc2)no1. The normalized spacial score (nSPS) is 22.8. The Bertz CT molecular complexity index is 892. The van der Waals surface area contributed by atoms with E-state index in [1.165, 1.54) is 4.90 Å². The largest absolute Gasteiger partial charge is 0.494 e. The minimum atomic E-state index is -5.49. The molecule has 2 aliphatic rings. The summed E-state index contributed by atoms with van der Waals surface area (Å²) in [5.41, 5.74) is 0.843. The number of ether oxygens (including phenoxy) is 1. The molecule has 2 aromatic rings. The zero-order valence-corrected chi connectivity index (χ0v) is 17.7. The fourth-order valence-electron chi connectivity index (χ4n) is 4.53. The molecule has 1 saturated carbocycles. The van der Waals surface area contributed by atoms with Crippen LogP contribution in [-0.2, 0) is 0 Å². The van der Waals surface area contributed by atoms with Gasteiger partial charge >= 0.3 is 12.1 Å². The monoisotopic (exact) mass is 459 g/mol. The number of halogens is 5. The number of benzene rings is 1. The number of aromatic nitrogens is 2. The fourth-order valence-corrected chi connectivity index (χ4v) is 4.53. The Morgan fingerprint density at radius 3 is 2.38 bits per heavy atom. The Morgan fingerprint density at radius 1 is 1.09 bits per heavy atom. The van der Waals surface area contributed by atoms with E-state index >= 15 is 0 Å². The van der Waals surface area contributed by atoms with Crippen molar-refractivity contribution < 1.29 is 31.2 Å². The Hall–Kier alpha value is -2.23. The number of nitrogens with zero attached hydrogens (tertiary/aromatic N) is 3. The van der Waals surface area contributed by atoms with E-state index in [1.54, 1.807) is 6.92 Å². The summed E-state index contributed by atoms with van der Waals surface area (Å²) in [6.07, 6.45) is -2.16. The molecule has 1 aromatic heterocycles. The van der Waals surface area contributed by atoms with Gasteiger partial charge in [-0.15, -0.1) is 0 Å². The molecule has 1 aromatic carbocycles. The van der Waals surface area contributed by atoms with Crippen LogP contribution in [0.25, 0.3) is 11.4 Å². The third-order valence-corrected chi connectivity index (χ3v) is 6.45. The van der Waals surface area contributed by atoms with Gasteiger partial charge in [0.1, 0.15) is 5.75 Å². The highest BCUT2D eigenvalue weighted by Gasteiger charge is 2.58. The first-order chi connectivity index (χ1) is 15.1. The van der Waals surface area contributed by atoms with E-state index < -0.39 is 18.6 Å². The molecule has 1 aliphatic carbocycles. The van der Waals surface area contributed by atoms with Crippen molar-refractivity contribution in [2.24, 2.45) is 17.8 Å². The molecular formula is C22H26F5N3O2. The topological polar surface area (TPSA) is 51.4 Å². The van der Waals surface area contributed by atoms with Crippen LogP contribution < -0.4 is 4.74 Å². The van der Waals surface area contributed by atoms with Crippen molar-refractivity contribution in [3.05, 3.63) is 30.2 Å². The first kappa shape index (κ1) is 22.9. The highest BCUT2D eigenvalue weighted by molar-refractivity contribution is 5.55. The third kappa shape index (κ3) is 5.39. The summed E-state index contributed by atoms with van der Waals surface area (Å²) in [4.78, 5) is 5.42. The van der Waals surface area contributed by atoms with Crippen LogP contribution in [0.2, 0.25) is 0 Å². The van der Waals surface area contributed by atoms with Crippen LogP contribution in [0.1, 0.15) is 31.6 Å². The van der Waals surface area contributed by atoms with E-state index in [2.05, 4.69) is 10.1 Å². The van der Waals surface area contributed by atoms with Crippen molar-refractivity contribution in [2.45, 2.75) is 44.7 Å². The lowest BCUT2D eigenvalue weighted by Gasteiger charge is -2.34. The van der Waals surface area contributed by atoms with Gasteiger partial charge < -0.3 is 9.26 Å². The summed E-state index contributed by atoms with van der Waals surface area (Å²) in [5.74, 6) is -1.41. The maximum absolute atomic E-state index is 13.2. The van der Waals surface area contributed by atoms with Crippen LogP contribution in [0, 0.1) is 24.7 Å². The fraction of sp³-hybridized carbons (Fsp3) is 0.636. The highest BCUT2D eigenvalue weighted by Crippen LogP contribution is 2.50. The van der Waals surface area contributed by atoms with Crippen LogP contribution in [0.4, 0.5) is 22.0 Å². The predicted octanol–water partition coefficient (Wildman–Crippen LogP) is 5.36. The Morgan fingerprint density at radius 2 is 1.78 bits per heavy atom. The van der Waals surface area contributed by atoms with E-state index in [0.29, 0.717) is 62.0 Å². The van der Waals surface area contributed by atoms with Crippen molar-refractivity contribution in [1.29, 1.82) is 0 Å². The molecule has 0 radical (unpaired) electrons. The second kappa shape index (κ2) is 8.96. The summed E-state index contributed by atoms with van der Waals surface area (Å²) < 4.78 is 74.5. The molecule has 5 nitrogen and oxygen atoms in total. The Balaban J connectivity index is 1.15. The molecule has 0 spiro atoms. The van der Waals surface area contributed by atoms with Gasteiger partial charge in [-0.25, -0.2) is 0 Å². The lowest BCUT2D eigenvalue weighted by Crippen LogP contribution is -2.49. The van der Waals surface area contributed by atoms with Gasteiger partial charge in [-0.1, -0.05) is 5.16 Å². The molecule has 1 saturated heterocycles. The van der Waals surface area contributed by atoms with Gasteiger partial charge in [0, 0.05) is 12.5 Å². The molecule has 2 heterocycles. The summed E-state index contributed by atoms with van der Waals surface area (Å²) >= 11 is 0. The van der Waals surface area contributed by atoms with Crippen molar-refractivity contribution in [3.8, 4) is 17.1 Å². The Labute approximate surface area is 182 Å². The summed E-state index contributed by atoms with van der Waals surface area (Å²) in [5, 5.41) is 3.88. The van der Waals surface area contributed by atoms with Crippen LogP contribution >= 0.6 is 0 Å². The van der Waals surface area contributed by atoms with Gasteiger partial charge in [0.05, 0.1) is 13.2 Å². The van der Waals surface area contributed by atoms with Crippen molar-refractivity contribution in [2.75, 3.05) is 26.2 Å². The molecule has 0 amide bonds. The van der Waals surface area contributed by atoms with Gasteiger partial charge in [-0.2, -0.15) is 26.9 Å². The van der Waals surface area contributed by atoms with Crippen LogP contribution in [0.15, 0.2) is 28.8 Å². The third-order valence-electron chi connectivity index (χ3n) is 6.45. The zero-order valence-electron chi connectivity index (χ0n) is 17.7. The van der Waals surface area contributed by atoms with Crippen LogP contribution in [0.3, 0.4) is 0 Å². The predicted molar refractivity (Wildman–Crippen MR) is 106 cm³/mol. The van der Waals surface area contributed by atoms with E-state index in [9.17, 15) is 22.0 Å². The second-order valence-electron chi connectivity index (χ2n) is 8.77. The number of piperidine rings is 1. The first-order valence-electron chi connectivity index (χ1n) is 10.8. The minimum absolute atomic E-state index is 0.294. The standard InChI is InChI=1S/C22H26F5N3O2/c1-14-28-20(29-32-14)16-2-4-18(5-3-16)31-11-8-17-12-19(17)15-6-9-30(10-7-15)13-21(23,24)22(25,26)27/h2-5,15,17,19H,6-13H2,1H3/t17?,19-/m1/s1. The minimum Gasteiger partial charge on any atom is -0.494 e. The summed E-state index contributed by atoms with van der Waals surface area (Å²) in [6, 6.07) is 7.46. The summed E-state index contributed by atoms with van der Waals surface area (Å²) in [6.45, 7) is 1.66. The van der Waals surface area contributed by atoms with E-state index in [4.69, 9.17) is 9.26 Å². The van der Waals surface area contributed by atoms with Crippen LogP contribution in [-0.4, -0.2) is 53.4 Å². The number of aryl methyl sites for hydroxylation is 1. The molecule has 0 N–H and O–H groups in total. The molecular weight excluding hydrogens is 433 g/mol. The number of hydrogen-bond acceptors (Lipinski definition) is 5. The molecule has 32 heavy (non-hydrogen) atoms. The number of likely N-dealkylation sites (tertiary alicyclic amines) is 1. The lowest BCUT2D eigenvalue weighted by atomic mass is 9.90. The zero-order chi connectivity index (χ0) is 22.9. The molecule has 176 valence electrons. The van der Waals surface area contributed by atoms with Gasteiger partial charge in [0.15, 0.2) is 0 Å². The lowest BCUT2D eigenvalue weighted by molar-refractivity contribution is -0.287. The quantitative estimate of drug-likeness (QED) is 0.498. The summed E-state index contributed by atoms with van der Waals surface area (Å²) in [7, 11) is 0. The van der Waals surface area contributed by atoms with Gasteiger partial charge in [-0.3, -0.25) is 4.90 Å². The van der Waals surface area contributed by atoms with E-state index in [0.717, 1.165) is 24.2 Å². The van der Waals surface area contributed by atoms with Gasteiger partial charge in [0.25, 0.3) is 0 Å². The molecule has 1 aliphatic heterocycles. The molecule has 2 atom stereocenters. The van der Waals surface area contributed by atoms with Crippen molar-refractivity contribution >= 4 is 0 Å². The van der Waals surface area contributed by atoms with Crippen molar-refractivity contribution in [3.63, 3.8) is 0 Å². The average Bonchev–Trinajstić information content (AvgIpc) is 3.37. The van der Waals surface area contributed by atoms with Crippen molar-refractivity contribution in [1.82, 2.24) is 15.0 Å². The molecule has 2 fully saturated rings. The molecule has 10 heteroatoms. The Kier molecular flexibility index (Phi) is 6.42. The first-order valence-corrected chi connectivity index (χ1v) is 10.8. The van der Waals surface area contributed by atoms with E-state index in [-0.39, 0.29) is 0 Å². The molecule has 0 bridgehead atoms. The van der Waals surface area contributed by atoms with E-state index in [1.807, 2.05) is 24.3 Å². The van der Waals surface area contributed by atoms with Crippen LogP contribution in [0.5, 0.6) is 5.75 Å². The highest BCUT2D eigenvalue weighted by atomic mass is 19.4. The number of rotatable bonds is 8. The van der Waals surface area contributed by atoms with Gasteiger partial charge in [-0.05, 0) is 80.8 Å².